The van der Waals surface area contributed by atoms with Crippen LogP contribution in [-0.2, 0) is 4.79 Å². The second-order valence-corrected chi connectivity index (χ2v) is 4.34. The fourth-order valence-electron chi connectivity index (χ4n) is 1.93. The molecule has 88 valence electrons. The van der Waals surface area contributed by atoms with Crippen LogP contribution in [0.3, 0.4) is 0 Å². The van der Waals surface area contributed by atoms with Gasteiger partial charge in [0.15, 0.2) is 0 Å². The van der Waals surface area contributed by atoms with Crippen molar-refractivity contribution < 1.29 is 9.90 Å². The van der Waals surface area contributed by atoms with Crippen LogP contribution in [0.5, 0.6) is 0 Å². The minimum Gasteiger partial charge on any atom is -0.389 e. The third-order valence-corrected chi connectivity index (χ3v) is 3.13. The van der Waals surface area contributed by atoms with Gasteiger partial charge in [0.1, 0.15) is 0 Å². The highest BCUT2D eigenvalue weighted by Gasteiger charge is 2.28. The van der Waals surface area contributed by atoms with Gasteiger partial charge in [-0.05, 0) is 25.3 Å². The number of aliphatic hydroxyl groups is 1. The number of carbonyl (C=O) groups is 1. The van der Waals surface area contributed by atoms with Crippen LogP contribution >= 0.6 is 0 Å². The third kappa shape index (κ3) is 3.80. The van der Waals surface area contributed by atoms with Gasteiger partial charge in [0.2, 0.25) is 5.91 Å². The Morgan fingerprint density at radius 2 is 2.20 bits per heavy atom. The van der Waals surface area contributed by atoms with E-state index in [-0.39, 0.29) is 12.0 Å². The zero-order chi connectivity index (χ0) is 11.3. The van der Waals surface area contributed by atoms with Crippen molar-refractivity contribution in [3.8, 4) is 0 Å². The van der Waals surface area contributed by atoms with Crippen LogP contribution in [0.4, 0.5) is 0 Å². The summed E-state index contributed by atoms with van der Waals surface area (Å²) in [5.74, 6) is 0.751. The van der Waals surface area contributed by atoms with Crippen molar-refractivity contribution in [2.45, 2.75) is 38.7 Å². The lowest BCUT2D eigenvalue weighted by molar-refractivity contribution is -0.141. The highest BCUT2D eigenvalue weighted by molar-refractivity contribution is 5.77. The normalized spacial score (nSPS) is 18.7. The summed E-state index contributed by atoms with van der Waals surface area (Å²) >= 11 is 0. The smallest absolute Gasteiger partial charge is 0.222 e. The van der Waals surface area contributed by atoms with Gasteiger partial charge in [-0.1, -0.05) is 13.3 Å². The molecule has 1 aliphatic rings. The lowest BCUT2D eigenvalue weighted by atomic mass is 9.96. The molecule has 1 amide bonds. The molecule has 0 aliphatic carbocycles. The molecule has 3 N–H and O–H groups in total. The van der Waals surface area contributed by atoms with Crippen LogP contribution in [0.15, 0.2) is 0 Å². The Morgan fingerprint density at radius 1 is 1.53 bits per heavy atom. The summed E-state index contributed by atoms with van der Waals surface area (Å²) < 4.78 is 0. The maximum Gasteiger partial charge on any atom is 0.222 e. The molecular weight excluding hydrogens is 192 g/mol. The van der Waals surface area contributed by atoms with Crippen molar-refractivity contribution in [2.75, 3.05) is 19.6 Å². The maximum absolute atomic E-state index is 11.6. The standard InChI is InChI=1S/C11H22N2O2/c1-2-9(5-6-12)3-4-11(15)13-7-10(14)8-13/h9-10,14H,2-8,12H2,1H3. The molecule has 0 aromatic carbocycles. The molecule has 1 atom stereocenters. The van der Waals surface area contributed by atoms with Crippen LogP contribution in [0.25, 0.3) is 0 Å². The molecule has 0 radical (unpaired) electrons. The first kappa shape index (κ1) is 12.5. The Bertz CT molecular complexity index is 203. The summed E-state index contributed by atoms with van der Waals surface area (Å²) in [5.41, 5.74) is 5.50. The molecule has 0 spiro atoms. The van der Waals surface area contributed by atoms with E-state index in [1.165, 1.54) is 0 Å². The molecule has 0 bridgehead atoms. The van der Waals surface area contributed by atoms with E-state index in [1.54, 1.807) is 4.90 Å². The second-order valence-electron chi connectivity index (χ2n) is 4.34. The average molecular weight is 214 g/mol. The third-order valence-electron chi connectivity index (χ3n) is 3.13. The van der Waals surface area contributed by atoms with Gasteiger partial charge in [0, 0.05) is 19.5 Å². The molecule has 0 saturated carbocycles. The molecule has 1 heterocycles. The van der Waals surface area contributed by atoms with Crippen molar-refractivity contribution in [3.05, 3.63) is 0 Å². The fourth-order valence-corrected chi connectivity index (χ4v) is 1.93. The highest BCUT2D eigenvalue weighted by atomic mass is 16.3. The number of amides is 1. The van der Waals surface area contributed by atoms with E-state index in [0.717, 1.165) is 19.3 Å². The van der Waals surface area contributed by atoms with Crippen molar-refractivity contribution in [1.82, 2.24) is 4.90 Å². The van der Waals surface area contributed by atoms with Gasteiger partial charge in [0.25, 0.3) is 0 Å². The number of hydrogen-bond acceptors (Lipinski definition) is 3. The van der Waals surface area contributed by atoms with Crippen LogP contribution < -0.4 is 5.73 Å². The number of aliphatic hydroxyl groups excluding tert-OH is 1. The molecule has 1 rings (SSSR count). The van der Waals surface area contributed by atoms with Crippen LogP contribution in [0, 0.1) is 5.92 Å². The van der Waals surface area contributed by atoms with Crippen LogP contribution in [0.2, 0.25) is 0 Å². The number of hydrogen-bond donors (Lipinski definition) is 2. The SMILES string of the molecule is CCC(CCN)CCC(=O)N1CC(O)C1. The number of nitrogens with zero attached hydrogens (tertiary/aromatic N) is 1. The van der Waals surface area contributed by atoms with Gasteiger partial charge < -0.3 is 15.7 Å². The summed E-state index contributed by atoms with van der Waals surface area (Å²) in [4.78, 5) is 13.3. The summed E-state index contributed by atoms with van der Waals surface area (Å²) in [6.07, 6.45) is 3.34. The lowest BCUT2D eigenvalue weighted by Gasteiger charge is -2.36. The van der Waals surface area contributed by atoms with Crippen molar-refractivity contribution in [1.29, 1.82) is 0 Å². The van der Waals surface area contributed by atoms with Crippen LogP contribution in [-0.4, -0.2) is 41.7 Å². The average Bonchev–Trinajstić information content (AvgIpc) is 2.19. The number of β-amino-alcohol motifs (C(OH)–C–C–N with tert-alkyl or cyclic N) is 1. The summed E-state index contributed by atoms with van der Waals surface area (Å²) in [7, 11) is 0. The van der Waals surface area contributed by atoms with E-state index >= 15 is 0 Å². The van der Waals surface area contributed by atoms with Crippen LogP contribution in [0.1, 0.15) is 32.6 Å². The Labute approximate surface area is 91.4 Å². The Morgan fingerprint density at radius 3 is 2.67 bits per heavy atom. The quantitative estimate of drug-likeness (QED) is 0.670. The monoisotopic (exact) mass is 214 g/mol. The highest BCUT2D eigenvalue weighted by Crippen LogP contribution is 2.17. The number of rotatable bonds is 6. The molecule has 0 aromatic rings. The van der Waals surface area contributed by atoms with Gasteiger partial charge in [0.05, 0.1) is 6.10 Å². The Hall–Kier alpha value is -0.610. The largest absolute Gasteiger partial charge is 0.389 e. The van der Waals surface area contributed by atoms with Crippen molar-refractivity contribution in [3.63, 3.8) is 0 Å². The molecular formula is C11H22N2O2. The van der Waals surface area contributed by atoms with Gasteiger partial charge in [-0.15, -0.1) is 0 Å². The summed E-state index contributed by atoms with van der Waals surface area (Å²) in [6, 6.07) is 0. The van der Waals surface area contributed by atoms with E-state index in [1.807, 2.05) is 0 Å². The van der Waals surface area contributed by atoms with E-state index in [4.69, 9.17) is 10.8 Å². The fraction of sp³-hybridized carbons (Fsp3) is 0.909. The van der Waals surface area contributed by atoms with Gasteiger partial charge in [-0.3, -0.25) is 4.79 Å². The van der Waals surface area contributed by atoms with Gasteiger partial charge in [-0.2, -0.15) is 0 Å². The summed E-state index contributed by atoms with van der Waals surface area (Å²) in [5, 5.41) is 9.06. The molecule has 15 heavy (non-hydrogen) atoms. The Kier molecular flexibility index (Phi) is 5.05. The molecule has 4 heteroatoms. The maximum atomic E-state index is 11.6. The second kappa shape index (κ2) is 6.08. The molecule has 1 fully saturated rings. The summed E-state index contributed by atoms with van der Waals surface area (Å²) in [6.45, 7) is 3.88. The first-order valence-electron chi connectivity index (χ1n) is 5.83. The van der Waals surface area contributed by atoms with Crippen molar-refractivity contribution in [2.24, 2.45) is 11.7 Å². The molecule has 1 unspecified atom stereocenters. The van der Waals surface area contributed by atoms with E-state index in [0.29, 0.717) is 32.0 Å². The topological polar surface area (TPSA) is 66.6 Å². The number of nitrogens with two attached hydrogens (primary N) is 1. The van der Waals surface area contributed by atoms with Crippen molar-refractivity contribution >= 4 is 5.91 Å². The zero-order valence-corrected chi connectivity index (χ0v) is 9.48. The molecule has 1 aliphatic heterocycles. The first-order valence-corrected chi connectivity index (χ1v) is 5.83. The van der Waals surface area contributed by atoms with Gasteiger partial charge >= 0.3 is 0 Å². The van der Waals surface area contributed by atoms with E-state index < -0.39 is 0 Å². The number of likely N-dealkylation sites (tertiary alicyclic amines) is 1. The minimum absolute atomic E-state index is 0.177. The van der Waals surface area contributed by atoms with E-state index in [9.17, 15) is 4.79 Å². The first-order chi connectivity index (χ1) is 7.17. The van der Waals surface area contributed by atoms with Gasteiger partial charge in [-0.25, -0.2) is 0 Å². The predicted molar refractivity (Wildman–Crippen MR) is 59.3 cm³/mol. The van der Waals surface area contributed by atoms with E-state index in [2.05, 4.69) is 6.92 Å². The Balaban J connectivity index is 2.15. The molecule has 1 saturated heterocycles. The molecule has 0 aromatic heterocycles. The zero-order valence-electron chi connectivity index (χ0n) is 9.48. The number of carbonyl (C=O) groups excluding carboxylic acids is 1. The molecule has 4 nitrogen and oxygen atoms in total. The lowest BCUT2D eigenvalue weighted by Crippen LogP contribution is -2.53. The predicted octanol–water partition coefficient (Wildman–Crippen LogP) is 0.345. The minimum atomic E-state index is -0.292.